The topological polar surface area (TPSA) is 58.3 Å². The second kappa shape index (κ2) is 5.95. The van der Waals surface area contributed by atoms with Gasteiger partial charge in [0.25, 0.3) is 0 Å². The molecule has 2 atom stereocenters. The van der Waals surface area contributed by atoms with Crippen molar-refractivity contribution in [1.29, 1.82) is 0 Å². The molecule has 0 rings (SSSR count). The summed E-state index contributed by atoms with van der Waals surface area (Å²) in [5, 5.41) is 10.1. The predicted molar refractivity (Wildman–Crippen MR) is 71.8 cm³/mol. The molecule has 0 fully saturated rings. The summed E-state index contributed by atoms with van der Waals surface area (Å²) in [5.74, 6) is 5.50. The van der Waals surface area contributed by atoms with Gasteiger partial charge in [0.05, 0.1) is 11.1 Å². The molecule has 0 bridgehead atoms. The molecule has 14 heavy (non-hydrogen) atoms. The number of halogens is 1. The highest BCUT2D eigenvalue weighted by atomic mass is 127. The number of nitrogens with one attached hydrogen (secondary N) is 1. The van der Waals surface area contributed by atoms with Crippen molar-refractivity contribution in [2.75, 3.05) is 4.43 Å². The quantitative estimate of drug-likeness (QED) is 0.228. The molecule has 0 radical (unpaired) electrons. The van der Waals surface area contributed by atoms with Crippen molar-refractivity contribution in [1.82, 2.24) is 5.43 Å². The molecule has 0 aliphatic heterocycles. The highest BCUT2D eigenvalue weighted by Gasteiger charge is 2.39. The summed E-state index contributed by atoms with van der Waals surface area (Å²) in [6, 6.07) is 0. The fraction of sp³-hybridized carbons (Fsp3) is 0.700. The fourth-order valence-corrected chi connectivity index (χ4v) is 3.06. The Morgan fingerprint density at radius 2 is 2.14 bits per heavy atom. The van der Waals surface area contributed by atoms with E-state index in [1.54, 1.807) is 13.0 Å². The van der Waals surface area contributed by atoms with Gasteiger partial charge in [-0.25, -0.2) is 0 Å². The lowest BCUT2D eigenvalue weighted by Gasteiger charge is -2.40. The molecule has 0 aliphatic rings. The zero-order chi connectivity index (χ0) is 11.2. The van der Waals surface area contributed by atoms with E-state index in [4.69, 9.17) is 5.84 Å². The highest BCUT2D eigenvalue weighted by Crippen LogP contribution is 2.27. The van der Waals surface area contributed by atoms with E-state index in [0.717, 1.165) is 10.8 Å². The number of alkyl halides is 1. The Balaban J connectivity index is 4.53. The van der Waals surface area contributed by atoms with E-state index < -0.39 is 11.1 Å². The van der Waals surface area contributed by atoms with Gasteiger partial charge in [-0.3, -0.25) is 11.3 Å². The largest absolute Gasteiger partial charge is 0.384 e. The van der Waals surface area contributed by atoms with Gasteiger partial charge < -0.3 is 5.11 Å². The van der Waals surface area contributed by atoms with Crippen LogP contribution < -0.4 is 11.3 Å². The molecule has 0 aliphatic carbocycles. The first-order chi connectivity index (χ1) is 6.43. The minimum Gasteiger partial charge on any atom is -0.384 e. The van der Waals surface area contributed by atoms with Gasteiger partial charge in [0, 0.05) is 0 Å². The van der Waals surface area contributed by atoms with E-state index in [0.29, 0.717) is 0 Å². The fourth-order valence-electron chi connectivity index (χ4n) is 1.05. The standard InChI is InChI=1S/C10H21IN2O/c1-5-10(4,14)9(3,13-12)7-8-11-6-2/h5-6,13-14H,1,7-8,12H2,2-4H3. The highest BCUT2D eigenvalue weighted by molar-refractivity contribution is 14.2. The van der Waals surface area contributed by atoms with Gasteiger partial charge >= 0.3 is 0 Å². The third kappa shape index (κ3) is 3.42. The SMILES string of the molecule is C=CC(C)(O)C(C)(CCI=CC)NN. The first-order valence-electron chi connectivity index (χ1n) is 4.63. The summed E-state index contributed by atoms with van der Waals surface area (Å²) < 4.78 is 3.33. The summed E-state index contributed by atoms with van der Waals surface area (Å²) in [6.07, 6.45) is 2.40. The Hall–Kier alpha value is 0.220. The molecule has 0 heterocycles. The third-order valence-corrected chi connectivity index (χ3v) is 4.73. The molecule has 0 aromatic carbocycles. The van der Waals surface area contributed by atoms with E-state index in [2.05, 4.69) is 22.9 Å². The lowest BCUT2D eigenvalue weighted by atomic mass is 9.81. The van der Waals surface area contributed by atoms with Gasteiger partial charge in [0.15, 0.2) is 0 Å². The van der Waals surface area contributed by atoms with Crippen molar-refractivity contribution in [2.24, 2.45) is 5.84 Å². The zero-order valence-electron chi connectivity index (χ0n) is 9.18. The Kier molecular flexibility index (Phi) is 6.04. The zero-order valence-corrected chi connectivity index (χ0v) is 11.3. The summed E-state index contributed by atoms with van der Waals surface area (Å²) in [4.78, 5) is 0. The number of hydrogen-bond acceptors (Lipinski definition) is 3. The van der Waals surface area contributed by atoms with E-state index in [9.17, 15) is 5.11 Å². The van der Waals surface area contributed by atoms with E-state index >= 15 is 0 Å². The Bertz CT molecular complexity index is 216. The second-order valence-corrected chi connectivity index (χ2v) is 6.84. The normalized spacial score (nSPS) is 20.9. The molecule has 84 valence electrons. The van der Waals surface area contributed by atoms with Gasteiger partial charge in [-0.05, 0) is 31.6 Å². The van der Waals surface area contributed by atoms with Crippen LogP contribution in [0, 0.1) is 0 Å². The predicted octanol–water partition coefficient (Wildman–Crippen LogP) is 1.33. The average Bonchev–Trinajstić information content (AvgIpc) is 2.17. The van der Waals surface area contributed by atoms with E-state index in [-0.39, 0.29) is 20.7 Å². The molecule has 0 aromatic rings. The van der Waals surface area contributed by atoms with Gasteiger partial charge in [-0.15, -0.1) is 27.3 Å². The van der Waals surface area contributed by atoms with E-state index in [1.165, 1.54) is 0 Å². The lowest BCUT2D eigenvalue weighted by Crippen LogP contribution is -2.61. The number of aliphatic hydroxyl groups is 1. The minimum atomic E-state index is -0.973. The summed E-state index contributed by atoms with van der Waals surface area (Å²) in [6.45, 7) is 9.36. The minimum absolute atomic E-state index is 0.136. The van der Waals surface area contributed by atoms with Crippen LogP contribution in [0.1, 0.15) is 27.2 Å². The van der Waals surface area contributed by atoms with Crippen molar-refractivity contribution in [3.05, 3.63) is 12.7 Å². The van der Waals surface area contributed by atoms with Crippen LogP contribution in [0.5, 0.6) is 0 Å². The van der Waals surface area contributed by atoms with Gasteiger partial charge in [0.2, 0.25) is 0 Å². The maximum Gasteiger partial charge on any atom is 0.0988 e. The molecule has 0 amide bonds. The van der Waals surface area contributed by atoms with Crippen LogP contribution in [0.15, 0.2) is 12.7 Å². The van der Waals surface area contributed by atoms with Crippen LogP contribution in [0.2, 0.25) is 0 Å². The summed E-state index contributed by atoms with van der Waals surface area (Å²) >= 11 is 0.136. The van der Waals surface area contributed by atoms with Crippen molar-refractivity contribution in [2.45, 2.75) is 38.3 Å². The van der Waals surface area contributed by atoms with Crippen LogP contribution in [0.4, 0.5) is 0 Å². The molecule has 0 saturated carbocycles. The molecule has 4 N–H and O–H groups in total. The molecule has 0 saturated heterocycles. The Morgan fingerprint density at radius 1 is 1.57 bits per heavy atom. The smallest absolute Gasteiger partial charge is 0.0988 e. The maximum atomic E-state index is 10.1. The maximum absolute atomic E-state index is 10.1. The molecular weight excluding hydrogens is 291 g/mol. The molecule has 4 heteroatoms. The van der Waals surface area contributed by atoms with Crippen molar-refractivity contribution >= 4 is 24.7 Å². The number of rotatable bonds is 6. The molecule has 0 spiro atoms. The van der Waals surface area contributed by atoms with Crippen molar-refractivity contribution < 1.29 is 5.11 Å². The van der Waals surface area contributed by atoms with E-state index in [1.807, 2.05) is 6.92 Å². The molecule has 0 aromatic heterocycles. The number of nitrogens with two attached hydrogens (primary N) is 1. The first-order valence-corrected chi connectivity index (χ1v) is 7.40. The second-order valence-electron chi connectivity index (χ2n) is 3.64. The van der Waals surface area contributed by atoms with Crippen LogP contribution in [0.3, 0.4) is 0 Å². The monoisotopic (exact) mass is 312 g/mol. The van der Waals surface area contributed by atoms with Crippen LogP contribution in [0.25, 0.3) is 0 Å². The first kappa shape index (κ1) is 14.2. The number of hydrogen-bond donors (Lipinski definition) is 3. The van der Waals surface area contributed by atoms with Gasteiger partial charge in [0.1, 0.15) is 0 Å². The molecule has 2 unspecified atom stereocenters. The van der Waals surface area contributed by atoms with Crippen LogP contribution in [-0.2, 0) is 0 Å². The number of hydrazine groups is 1. The average molecular weight is 312 g/mol. The van der Waals surface area contributed by atoms with Crippen molar-refractivity contribution in [3.63, 3.8) is 0 Å². The summed E-state index contributed by atoms with van der Waals surface area (Å²) in [7, 11) is 0. The molecular formula is C10H21IN2O. The summed E-state index contributed by atoms with van der Waals surface area (Å²) in [5.41, 5.74) is 1.25. The van der Waals surface area contributed by atoms with Gasteiger partial charge in [-0.1, -0.05) is 10.1 Å². The third-order valence-electron chi connectivity index (χ3n) is 2.69. The lowest BCUT2D eigenvalue weighted by molar-refractivity contribution is 0.0121. The van der Waals surface area contributed by atoms with Gasteiger partial charge in [-0.2, -0.15) is 0 Å². The van der Waals surface area contributed by atoms with Crippen LogP contribution >= 0.6 is 20.7 Å². The Morgan fingerprint density at radius 3 is 2.50 bits per heavy atom. The van der Waals surface area contributed by atoms with Crippen LogP contribution in [-0.4, -0.2) is 24.7 Å². The Labute approximate surface area is 96.5 Å². The molecule has 3 nitrogen and oxygen atoms in total. The van der Waals surface area contributed by atoms with Crippen molar-refractivity contribution in [3.8, 4) is 0 Å².